The topological polar surface area (TPSA) is 0 Å². The van der Waals surface area contributed by atoms with Crippen molar-refractivity contribution in [3.63, 3.8) is 0 Å². The number of rotatable bonds is 22. The van der Waals surface area contributed by atoms with Crippen LogP contribution in [0.15, 0.2) is 60.7 Å². The Morgan fingerprint density at radius 3 is 1.08 bits per heavy atom. The first-order chi connectivity index (χ1) is 17.6. The summed E-state index contributed by atoms with van der Waals surface area (Å²) in [6.07, 6.45) is 27.7. The fourth-order valence-electron chi connectivity index (χ4n) is 5.85. The molecule has 0 aliphatic heterocycles. The average molecular weight is 576 g/mol. The molecule has 2 heteroatoms. The van der Waals surface area contributed by atoms with E-state index in [1.165, 1.54) is 139 Å². The van der Waals surface area contributed by atoms with Crippen molar-refractivity contribution in [2.24, 2.45) is 0 Å². The third-order valence-electron chi connectivity index (χ3n) is 7.98. The summed E-state index contributed by atoms with van der Waals surface area (Å²) in [6.45, 7) is 4.62. The molecular weight excluding hydrogens is 519 g/mol. The second-order valence-electron chi connectivity index (χ2n) is 11.5. The molecule has 0 unspecified atom stereocenters. The Morgan fingerprint density at radius 1 is 0.444 bits per heavy atom. The van der Waals surface area contributed by atoms with Crippen LogP contribution in [0.1, 0.15) is 128 Å². The first kappa shape index (κ1) is 31.6. The quantitative estimate of drug-likeness (QED) is 0.0968. The van der Waals surface area contributed by atoms with E-state index in [0.29, 0.717) is 0 Å². The molecule has 36 heavy (non-hydrogen) atoms. The SMILES string of the molecule is CCCCCCCCCCP(Br)(CCCCCCCCCC)(Cc1ccccc1)Cc1ccccc1. The zero-order valence-corrected chi connectivity index (χ0v) is 26.2. The first-order valence-corrected chi connectivity index (χ1v) is 20.4. The van der Waals surface area contributed by atoms with Gasteiger partial charge in [-0.25, -0.2) is 0 Å². The van der Waals surface area contributed by atoms with Crippen molar-refractivity contribution in [3.05, 3.63) is 71.8 Å². The third-order valence-corrected chi connectivity index (χ3v) is 16.8. The van der Waals surface area contributed by atoms with Gasteiger partial charge in [0.2, 0.25) is 0 Å². The van der Waals surface area contributed by atoms with Crippen molar-refractivity contribution in [1.29, 1.82) is 0 Å². The number of hydrogen-bond acceptors (Lipinski definition) is 0. The van der Waals surface area contributed by atoms with Gasteiger partial charge < -0.3 is 0 Å². The Hall–Kier alpha value is -0.650. The summed E-state index contributed by atoms with van der Waals surface area (Å²) in [5, 5.41) is -2.13. The molecule has 0 aromatic heterocycles. The van der Waals surface area contributed by atoms with Crippen LogP contribution in [-0.4, -0.2) is 12.3 Å². The molecule has 0 saturated heterocycles. The van der Waals surface area contributed by atoms with E-state index >= 15 is 0 Å². The van der Waals surface area contributed by atoms with Gasteiger partial charge in [0.1, 0.15) is 0 Å². The van der Waals surface area contributed by atoms with E-state index in [1.807, 2.05) is 0 Å². The van der Waals surface area contributed by atoms with Crippen molar-refractivity contribution >= 4 is 20.8 Å². The molecule has 204 valence electrons. The van der Waals surface area contributed by atoms with Crippen LogP contribution in [0, 0.1) is 0 Å². The summed E-state index contributed by atoms with van der Waals surface area (Å²) in [6, 6.07) is 22.8. The molecule has 0 heterocycles. The normalized spacial score (nSPS) is 12.9. The number of benzene rings is 2. The number of unbranched alkanes of at least 4 members (excludes halogenated alkanes) is 14. The van der Waals surface area contributed by atoms with Crippen LogP contribution in [0.25, 0.3) is 0 Å². The third kappa shape index (κ3) is 13.2. The Balaban J connectivity index is 2.07. The minimum absolute atomic E-state index is 1.24. The van der Waals surface area contributed by atoms with E-state index in [1.54, 1.807) is 0 Å². The summed E-state index contributed by atoms with van der Waals surface area (Å²) in [5.74, 6) is 0. The molecule has 2 aromatic rings. The Morgan fingerprint density at radius 2 is 0.750 bits per heavy atom. The Labute approximate surface area is 233 Å². The molecule has 0 saturated carbocycles. The van der Waals surface area contributed by atoms with Crippen molar-refractivity contribution in [3.8, 4) is 0 Å². The van der Waals surface area contributed by atoms with Crippen LogP contribution in [0.4, 0.5) is 0 Å². The Kier molecular flexibility index (Phi) is 16.3. The molecule has 2 rings (SSSR count). The fourth-order valence-corrected chi connectivity index (χ4v) is 14.3. The van der Waals surface area contributed by atoms with Gasteiger partial charge in [0.15, 0.2) is 0 Å². The molecule has 0 nitrogen and oxygen atoms in total. The second kappa shape index (κ2) is 18.6. The van der Waals surface area contributed by atoms with Gasteiger partial charge in [0, 0.05) is 0 Å². The number of hydrogen-bond donors (Lipinski definition) is 0. The van der Waals surface area contributed by atoms with E-state index in [4.69, 9.17) is 15.5 Å². The molecule has 0 atom stereocenters. The standard InChI is InChI=1S/C34H56BrP/c1-3-5-7-9-11-13-15-23-29-36(35,31-33-25-19-17-20-26-33,32-34-27-21-18-22-28-34)30-24-16-14-12-10-8-6-4-2/h17-22,25-28H,3-16,23-24,29-32H2,1-2H3. The summed E-state index contributed by atoms with van der Waals surface area (Å²) in [7, 11) is 0. The van der Waals surface area contributed by atoms with Gasteiger partial charge in [-0.2, -0.15) is 0 Å². The van der Waals surface area contributed by atoms with Crippen molar-refractivity contribution < 1.29 is 0 Å². The van der Waals surface area contributed by atoms with Gasteiger partial charge in [-0.1, -0.05) is 0 Å². The van der Waals surface area contributed by atoms with Crippen LogP contribution in [0.5, 0.6) is 0 Å². The molecule has 2 aromatic carbocycles. The van der Waals surface area contributed by atoms with Crippen molar-refractivity contribution in [1.82, 2.24) is 0 Å². The van der Waals surface area contributed by atoms with Crippen molar-refractivity contribution in [2.45, 2.75) is 129 Å². The van der Waals surface area contributed by atoms with Gasteiger partial charge in [0.05, 0.1) is 0 Å². The zero-order chi connectivity index (χ0) is 25.8. The van der Waals surface area contributed by atoms with Crippen LogP contribution >= 0.6 is 20.8 Å². The predicted molar refractivity (Wildman–Crippen MR) is 171 cm³/mol. The minimum atomic E-state index is -2.13. The summed E-state index contributed by atoms with van der Waals surface area (Å²) in [5.41, 5.74) is 3.06. The summed E-state index contributed by atoms with van der Waals surface area (Å²) >= 11 is 4.70. The molecule has 0 amide bonds. The van der Waals surface area contributed by atoms with Crippen LogP contribution < -0.4 is 0 Å². The van der Waals surface area contributed by atoms with Gasteiger partial charge in [-0.05, 0) is 0 Å². The molecule has 0 fully saturated rings. The van der Waals surface area contributed by atoms with Gasteiger partial charge in [0.25, 0.3) is 0 Å². The Bertz CT molecular complexity index is 707. The maximum atomic E-state index is 4.70. The molecule has 0 radical (unpaired) electrons. The summed E-state index contributed by atoms with van der Waals surface area (Å²) < 4.78 is 0. The van der Waals surface area contributed by atoms with E-state index in [9.17, 15) is 0 Å². The van der Waals surface area contributed by atoms with E-state index < -0.39 is 5.31 Å². The second-order valence-corrected chi connectivity index (χ2v) is 22.7. The van der Waals surface area contributed by atoms with Gasteiger partial charge >= 0.3 is 234 Å². The average Bonchev–Trinajstić information content (AvgIpc) is 2.88. The van der Waals surface area contributed by atoms with Gasteiger partial charge in [-0.15, -0.1) is 0 Å². The monoisotopic (exact) mass is 574 g/mol. The van der Waals surface area contributed by atoms with E-state index in [-0.39, 0.29) is 0 Å². The first-order valence-electron chi connectivity index (χ1n) is 15.4. The molecular formula is C34H56BrP. The molecule has 0 N–H and O–H groups in total. The molecule has 0 aliphatic carbocycles. The molecule has 0 spiro atoms. The summed E-state index contributed by atoms with van der Waals surface area (Å²) in [4.78, 5) is 0. The van der Waals surface area contributed by atoms with Crippen LogP contribution in [0.3, 0.4) is 0 Å². The van der Waals surface area contributed by atoms with E-state index in [2.05, 4.69) is 74.5 Å². The van der Waals surface area contributed by atoms with Gasteiger partial charge in [-0.3, -0.25) is 0 Å². The van der Waals surface area contributed by atoms with Crippen LogP contribution in [-0.2, 0) is 12.3 Å². The zero-order valence-electron chi connectivity index (χ0n) is 23.7. The number of halogens is 1. The molecule has 0 aliphatic rings. The van der Waals surface area contributed by atoms with Crippen LogP contribution in [0.2, 0.25) is 0 Å². The molecule has 0 bridgehead atoms. The fraction of sp³-hybridized carbons (Fsp3) is 0.647. The maximum absolute atomic E-state index is 4.70. The van der Waals surface area contributed by atoms with Crippen molar-refractivity contribution in [2.75, 3.05) is 12.3 Å². The predicted octanol–water partition coefficient (Wildman–Crippen LogP) is 12.5. The van der Waals surface area contributed by atoms with E-state index in [0.717, 1.165) is 0 Å².